The predicted molar refractivity (Wildman–Crippen MR) is 111 cm³/mol. The molecule has 6 heteroatoms. The zero-order chi connectivity index (χ0) is 20.1. The average Bonchev–Trinajstić information content (AvgIpc) is 3.04. The molecule has 1 aromatic heterocycles. The lowest BCUT2D eigenvalue weighted by atomic mass is 9.95. The number of unbranched alkanes of at least 4 members (excludes halogenated alkanes) is 1. The van der Waals surface area contributed by atoms with Crippen molar-refractivity contribution < 1.29 is 14.3 Å². The quantitative estimate of drug-likeness (QED) is 0.655. The molecule has 148 valence electrons. The van der Waals surface area contributed by atoms with E-state index in [-0.39, 0.29) is 12.0 Å². The number of nitrogens with one attached hydrogen (secondary N) is 1. The molecule has 1 aromatic carbocycles. The van der Waals surface area contributed by atoms with Gasteiger partial charge in [0, 0.05) is 16.9 Å². The van der Waals surface area contributed by atoms with Crippen LogP contribution in [0.2, 0.25) is 0 Å². The van der Waals surface area contributed by atoms with E-state index in [0.717, 1.165) is 29.0 Å². The molecule has 0 spiro atoms. The summed E-state index contributed by atoms with van der Waals surface area (Å²) >= 11 is 1.44. The predicted octanol–water partition coefficient (Wildman–Crippen LogP) is 5.15. The van der Waals surface area contributed by atoms with Crippen LogP contribution in [-0.4, -0.2) is 18.6 Å². The summed E-state index contributed by atoms with van der Waals surface area (Å²) in [5.41, 5.74) is 2.13. The number of benzene rings is 1. The van der Waals surface area contributed by atoms with Crippen molar-refractivity contribution >= 4 is 22.2 Å². The van der Waals surface area contributed by atoms with Crippen LogP contribution in [0.15, 0.2) is 24.3 Å². The van der Waals surface area contributed by atoms with Gasteiger partial charge < -0.3 is 14.8 Å². The van der Waals surface area contributed by atoms with E-state index in [4.69, 9.17) is 9.47 Å². The molecule has 1 aliphatic heterocycles. The van der Waals surface area contributed by atoms with E-state index in [1.165, 1.54) is 11.3 Å². The minimum absolute atomic E-state index is 0.109. The fourth-order valence-electron chi connectivity index (χ4n) is 3.13. The van der Waals surface area contributed by atoms with Crippen LogP contribution in [0.1, 0.15) is 60.0 Å². The summed E-state index contributed by atoms with van der Waals surface area (Å²) in [6, 6.07) is 9.37. The van der Waals surface area contributed by atoms with Crippen LogP contribution in [0.5, 0.6) is 5.75 Å². The number of fused-ring (bicyclic) bond motifs is 1. The number of ether oxygens (including phenoxy) is 2. The van der Waals surface area contributed by atoms with E-state index in [1.807, 2.05) is 0 Å². The topological polar surface area (TPSA) is 71.3 Å². The molecule has 0 aliphatic carbocycles. The highest BCUT2D eigenvalue weighted by molar-refractivity contribution is 7.16. The van der Waals surface area contributed by atoms with Crippen LogP contribution in [0.4, 0.5) is 5.00 Å². The summed E-state index contributed by atoms with van der Waals surface area (Å²) < 4.78 is 11.5. The minimum Gasteiger partial charge on any atom is -0.494 e. The number of hydrogen-bond donors (Lipinski definition) is 1. The average molecular weight is 399 g/mol. The van der Waals surface area contributed by atoms with E-state index in [1.54, 1.807) is 24.3 Å². The number of rotatable bonds is 7. The van der Waals surface area contributed by atoms with Crippen molar-refractivity contribution in [2.24, 2.45) is 5.92 Å². The molecule has 0 saturated carbocycles. The molecule has 0 unspecified atom stereocenters. The highest BCUT2D eigenvalue weighted by Gasteiger charge is 2.28. The Balaban J connectivity index is 1.72. The van der Waals surface area contributed by atoms with Crippen molar-refractivity contribution in [3.63, 3.8) is 0 Å². The Kier molecular flexibility index (Phi) is 6.71. The third-order valence-corrected chi connectivity index (χ3v) is 6.01. The molecule has 0 fully saturated rings. The number of amides is 1. The normalized spacial score (nSPS) is 15.8. The summed E-state index contributed by atoms with van der Waals surface area (Å²) in [6.45, 7) is 7.52. The Morgan fingerprint density at radius 3 is 2.79 bits per heavy atom. The van der Waals surface area contributed by atoms with Crippen LogP contribution in [-0.2, 0) is 17.8 Å². The summed E-state index contributed by atoms with van der Waals surface area (Å²) in [5.74, 6) is 0.915. The smallest absolute Gasteiger partial charge is 0.256 e. The van der Waals surface area contributed by atoms with E-state index in [2.05, 4.69) is 32.2 Å². The maximum Gasteiger partial charge on any atom is 0.256 e. The molecular weight excluding hydrogens is 372 g/mol. The number of anilines is 1. The van der Waals surface area contributed by atoms with Gasteiger partial charge in [0.05, 0.1) is 24.9 Å². The van der Waals surface area contributed by atoms with Crippen molar-refractivity contribution in [1.29, 1.82) is 5.26 Å². The summed E-state index contributed by atoms with van der Waals surface area (Å²) in [4.78, 5) is 13.7. The molecule has 0 bridgehead atoms. The Hall–Kier alpha value is -2.36. The molecule has 2 heterocycles. The molecule has 3 rings (SSSR count). The van der Waals surface area contributed by atoms with Crippen LogP contribution in [0, 0.1) is 17.2 Å². The second-order valence-electron chi connectivity index (χ2n) is 7.30. The van der Waals surface area contributed by atoms with Gasteiger partial charge in [0.15, 0.2) is 0 Å². The first-order chi connectivity index (χ1) is 13.5. The second kappa shape index (κ2) is 9.22. The van der Waals surface area contributed by atoms with Gasteiger partial charge in [-0.15, -0.1) is 11.3 Å². The maximum atomic E-state index is 12.7. The third-order valence-electron chi connectivity index (χ3n) is 4.89. The van der Waals surface area contributed by atoms with Gasteiger partial charge in [0.2, 0.25) is 0 Å². The SMILES string of the molecule is CCCCOc1ccc(C(=O)Nc2sc3c(c2C#N)C[C@H](C(C)C)OC3)cc1. The van der Waals surface area contributed by atoms with E-state index >= 15 is 0 Å². The van der Waals surface area contributed by atoms with Crippen molar-refractivity contribution in [3.8, 4) is 11.8 Å². The Labute approximate surface area is 170 Å². The molecular formula is C22H26N2O3S. The lowest BCUT2D eigenvalue weighted by Crippen LogP contribution is -2.26. The van der Waals surface area contributed by atoms with Crippen LogP contribution < -0.4 is 10.1 Å². The van der Waals surface area contributed by atoms with Gasteiger partial charge in [0.25, 0.3) is 5.91 Å². The van der Waals surface area contributed by atoms with Crippen molar-refractivity contribution in [3.05, 3.63) is 45.8 Å². The number of thiophene rings is 1. The number of hydrogen-bond acceptors (Lipinski definition) is 5. The second-order valence-corrected chi connectivity index (χ2v) is 8.40. The molecule has 1 aliphatic rings. The number of nitriles is 1. The molecule has 2 aromatic rings. The highest BCUT2D eigenvalue weighted by atomic mass is 32.1. The van der Waals surface area contributed by atoms with Gasteiger partial charge in [-0.1, -0.05) is 27.2 Å². The molecule has 1 N–H and O–H groups in total. The number of carbonyl (C=O) groups excluding carboxylic acids is 1. The van der Waals surface area contributed by atoms with E-state index < -0.39 is 0 Å². The molecule has 1 atom stereocenters. The van der Waals surface area contributed by atoms with Crippen LogP contribution >= 0.6 is 11.3 Å². The van der Waals surface area contributed by atoms with Gasteiger partial charge in [0.1, 0.15) is 16.8 Å². The highest BCUT2D eigenvalue weighted by Crippen LogP contribution is 2.38. The maximum absolute atomic E-state index is 12.7. The Morgan fingerprint density at radius 1 is 1.39 bits per heavy atom. The summed E-state index contributed by atoms with van der Waals surface area (Å²) in [6.07, 6.45) is 2.91. The third kappa shape index (κ3) is 4.54. The van der Waals surface area contributed by atoms with Gasteiger partial charge >= 0.3 is 0 Å². The number of nitrogens with zero attached hydrogens (tertiary/aromatic N) is 1. The van der Waals surface area contributed by atoms with Crippen molar-refractivity contribution in [2.75, 3.05) is 11.9 Å². The molecule has 0 radical (unpaired) electrons. The van der Waals surface area contributed by atoms with Crippen LogP contribution in [0.3, 0.4) is 0 Å². The first kappa shape index (κ1) is 20.4. The molecule has 1 amide bonds. The van der Waals surface area contributed by atoms with Gasteiger partial charge in [-0.3, -0.25) is 4.79 Å². The molecule has 5 nitrogen and oxygen atoms in total. The standard InChI is InChI=1S/C22H26N2O3S/c1-4-5-10-26-16-8-6-15(7-9-16)21(25)24-22-18(12-23)17-11-19(14(2)3)27-13-20(17)28-22/h6-9,14,19H,4-5,10-11,13H2,1-3H3,(H,24,25)/t19-/m1/s1. The first-order valence-corrected chi connectivity index (χ1v) is 10.6. The monoisotopic (exact) mass is 398 g/mol. The summed E-state index contributed by atoms with van der Waals surface area (Å²) in [5, 5.41) is 13.2. The largest absolute Gasteiger partial charge is 0.494 e. The Morgan fingerprint density at radius 2 is 2.14 bits per heavy atom. The van der Waals surface area contributed by atoms with Crippen LogP contribution in [0.25, 0.3) is 0 Å². The Bertz CT molecular complexity index is 865. The fourth-order valence-corrected chi connectivity index (χ4v) is 4.23. The van der Waals surface area contributed by atoms with Gasteiger partial charge in [-0.05, 0) is 42.2 Å². The zero-order valence-corrected chi connectivity index (χ0v) is 17.4. The van der Waals surface area contributed by atoms with E-state index in [0.29, 0.717) is 41.7 Å². The minimum atomic E-state index is -0.225. The van der Waals surface area contributed by atoms with Gasteiger partial charge in [-0.2, -0.15) is 5.26 Å². The van der Waals surface area contributed by atoms with Crippen molar-refractivity contribution in [1.82, 2.24) is 0 Å². The molecule has 28 heavy (non-hydrogen) atoms. The lowest BCUT2D eigenvalue weighted by Gasteiger charge is -2.26. The van der Waals surface area contributed by atoms with Crippen molar-refractivity contribution in [2.45, 2.75) is 52.7 Å². The summed E-state index contributed by atoms with van der Waals surface area (Å²) in [7, 11) is 0. The van der Waals surface area contributed by atoms with E-state index in [9.17, 15) is 10.1 Å². The molecule has 0 saturated heterocycles. The fraction of sp³-hybridized carbons (Fsp3) is 0.455. The first-order valence-electron chi connectivity index (χ1n) is 9.74. The lowest BCUT2D eigenvalue weighted by molar-refractivity contribution is 0.00161. The number of carbonyl (C=O) groups is 1. The zero-order valence-electron chi connectivity index (χ0n) is 16.6. The van der Waals surface area contributed by atoms with Gasteiger partial charge in [-0.25, -0.2) is 0 Å².